The van der Waals surface area contributed by atoms with Gasteiger partial charge in [0.15, 0.2) is 5.76 Å². The molecule has 0 saturated carbocycles. The second-order valence-corrected chi connectivity index (χ2v) is 5.55. The van der Waals surface area contributed by atoms with E-state index in [4.69, 9.17) is 14.7 Å². The van der Waals surface area contributed by atoms with E-state index in [0.29, 0.717) is 11.7 Å². The van der Waals surface area contributed by atoms with Crippen molar-refractivity contribution in [2.45, 2.75) is 6.92 Å². The number of anilines is 3. The number of furan rings is 1. The Morgan fingerprint density at radius 1 is 0.923 bits per heavy atom. The van der Waals surface area contributed by atoms with E-state index in [1.807, 2.05) is 50.4 Å². The summed E-state index contributed by atoms with van der Waals surface area (Å²) in [4.78, 5) is 18.8. The Bertz CT molecular complexity index is 1040. The highest BCUT2D eigenvalue weighted by Crippen LogP contribution is 2.25. The summed E-state index contributed by atoms with van der Waals surface area (Å²) in [7, 11) is 1.83. The third kappa shape index (κ3) is 2.97. The zero-order chi connectivity index (χ0) is 18.1. The number of benzene rings is 1. The number of nitrogen functional groups attached to an aromatic ring is 1. The summed E-state index contributed by atoms with van der Waals surface area (Å²) >= 11 is 0. The summed E-state index contributed by atoms with van der Waals surface area (Å²) in [6.45, 7) is 1.83. The van der Waals surface area contributed by atoms with Crippen LogP contribution in [-0.4, -0.2) is 32.1 Å². The number of aromatic nitrogens is 5. The molecule has 0 atom stereocenters. The van der Waals surface area contributed by atoms with Gasteiger partial charge in [-0.25, -0.2) is 0 Å². The number of aryl methyl sites for hydroxylation is 1. The van der Waals surface area contributed by atoms with Crippen LogP contribution in [0.2, 0.25) is 0 Å². The van der Waals surface area contributed by atoms with Crippen molar-refractivity contribution in [1.29, 1.82) is 0 Å². The van der Waals surface area contributed by atoms with Crippen LogP contribution < -0.4 is 10.6 Å². The molecule has 9 nitrogen and oxygen atoms in total. The predicted octanol–water partition coefficient (Wildman–Crippen LogP) is 2.84. The molecular weight excluding hydrogens is 334 g/mol. The molecule has 0 saturated heterocycles. The van der Waals surface area contributed by atoms with E-state index in [1.54, 1.807) is 11.0 Å². The molecular formula is C17H15N7O2. The predicted molar refractivity (Wildman–Crippen MR) is 94.5 cm³/mol. The van der Waals surface area contributed by atoms with Gasteiger partial charge < -0.3 is 19.6 Å². The molecule has 4 rings (SSSR count). The molecule has 130 valence electrons. The molecule has 1 aromatic carbocycles. The van der Waals surface area contributed by atoms with Crippen LogP contribution in [0.25, 0.3) is 23.3 Å². The van der Waals surface area contributed by atoms with E-state index < -0.39 is 0 Å². The lowest BCUT2D eigenvalue weighted by atomic mass is 10.3. The van der Waals surface area contributed by atoms with Crippen LogP contribution in [0.1, 0.15) is 5.76 Å². The zero-order valence-corrected chi connectivity index (χ0v) is 14.1. The van der Waals surface area contributed by atoms with Gasteiger partial charge in [0.05, 0.1) is 0 Å². The maximum atomic E-state index is 5.84. The Balaban J connectivity index is 1.70. The maximum Gasteiger partial charge on any atom is 0.294 e. The van der Waals surface area contributed by atoms with Gasteiger partial charge in [0.2, 0.25) is 23.5 Å². The maximum absolute atomic E-state index is 5.84. The first-order chi connectivity index (χ1) is 12.6. The first-order valence-corrected chi connectivity index (χ1v) is 7.81. The third-order valence-electron chi connectivity index (χ3n) is 3.66. The smallest absolute Gasteiger partial charge is 0.294 e. The van der Waals surface area contributed by atoms with Gasteiger partial charge in [-0.1, -0.05) is 23.4 Å². The van der Waals surface area contributed by atoms with Crippen molar-refractivity contribution >= 4 is 17.6 Å². The van der Waals surface area contributed by atoms with Gasteiger partial charge in [-0.3, -0.25) is 0 Å². The summed E-state index contributed by atoms with van der Waals surface area (Å²) in [5, 5.41) is 3.91. The summed E-state index contributed by atoms with van der Waals surface area (Å²) in [5.74, 6) is 2.32. The first-order valence-electron chi connectivity index (χ1n) is 7.81. The highest BCUT2D eigenvalue weighted by molar-refractivity contribution is 5.59. The molecule has 0 fully saturated rings. The molecule has 3 aromatic heterocycles. The molecule has 2 N–H and O–H groups in total. The average molecular weight is 349 g/mol. The van der Waals surface area contributed by atoms with Crippen molar-refractivity contribution < 1.29 is 8.94 Å². The molecule has 9 heteroatoms. The summed E-state index contributed by atoms with van der Waals surface area (Å²) in [5.41, 5.74) is 6.75. The van der Waals surface area contributed by atoms with Crippen LogP contribution in [0, 0.1) is 6.92 Å². The lowest BCUT2D eigenvalue weighted by Gasteiger charge is -2.17. The van der Waals surface area contributed by atoms with Crippen molar-refractivity contribution in [3.05, 3.63) is 48.2 Å². The minimum Gasteiger partial charge on any atom is -0.456 e. The molecule has 3 heterocycles. The lowest BCUT2D eigenvalue weighted by molar-refractivity contribution is 0.413. The Kier molecular flexibility index (Phi) is 3.81. The van der Waals surface area contributed by atoms with E-state index in [0.717, 1.165) is 11.4 Å². The standard InChI is InChI=1S/C17H15N7O2/c1-10-8-9-12(25-10)15-19-14(23-26-15)13-20-16(18)22-17(21-13)24(2)11-6-4-3-5-7-11/h3-9H,1-2H3,(H2,18,20,21,22). The van der Waals surface area contributed by atoms with E-state index in [2.05, 4.69) is 25.1 Å². The fourth-order valence-corrected chi connectivity index (χ4v) is 2.36. The average Bonchev–Trinajstić information content (AvgIpc) is 3.30. The van der Waals surface area contributed by atoms with Crippen LogP contribution in [0.3, 0.4) is 0 Å². The normalized spacial score (nSPS) is 10.8. The Hall–Kier alpha value is -3.75. The highest BCUT2D eigenvalue weighted by atomic mass is 16.5. The number of hydrogen-bond donors (Lipinski definition) is 1. The van der Waals surface area contributed by atoms with Gasteiger partial charge in [-0.05, 0) is 31.2 Å². The minimum atomic E-state index is 0.0629. The van der Waals surface area contributed by atoms with E-state index >= 15 is 0 Å². The van der Waals surface area contributed by atoms with Gasteiger partial charge in [0.1, 0.15) is 5.76 Å². The lowest BCUT2D eigenvalue weighted by Crippen LogP contribution is -2.15. The molecule has 4 aromatic rings. The van der Waals surface area contributed by atoms with E-state index in [1.165, 1.54) is 0 Å². The fraction of sp³-hybridized carbons (Fsp3) is 0.118. The second-order valence-electron chi connectivity index (χ2n) is 5.55. The summed E-state index contributed by atoms with van der Waals surface area (Å²) in [6.07, 6.45) is 0. The topological polar surface area (TPSA) is 120 Å². The SMILES string of the molecule is Cc1ccc(-c2nc(-c3nc(N)nc(N(C)c4ccccc4)n3)no2)o1. The van der Waals surface area contributed by atoms with Crippen molar-refractivity contribution in [3.8, 4) is 23.3 Å². The highest BCUT2D eigenvalue weighted by Gasteiger charge is 2.18. The second kappa shape index (κ2) is 6.28. The molecule has 0 amide bonds. The van der Waals surface area contributed by atoms with Crippen LogP contribution in [0.5, 0.6) is 0 Å². The molecule has 0 bridgehead atoms. The summed E-state index contributed by atoms with van der Waals surface area (Å²) < 4.78 is 10.7. The van der Waals surface area contributed by atoms with Gasteiger partial charge in [-0.15, -0.1) is 0 Å². The summed E-state index contributed by atoms with van der Waals surface area (Å²) in [6, 6.07) is 13.2. The van der Waals surface area contributed by atoms with Crippen molar-refractivity contribution in [2.24, 2.45) is 0 Å². The quantitative estimate of drug-likeness (QED) is 0.592. The van der Waals surface area contributed by atoms with Gasteiger partial charge >= 0.3 is 0 Å². The zero-order valence-electron chi connectivity index (χ0n) is 14.1. The molecule has 0 spiro atoms. The number of nitrogens with zero attached hydrogens (tertiary/aromatic N) is 6. The Morgan fingerprint density at radius 2 is 1.73 bits per heavy atom. The largest absolute Gasteiger partial charge is 0.456 e. The van der Waals surface area contributed by atoms with Crippen molar-refractivity contribution in [3.63, 3.8) is 0 Å². The van der Waals surface area contributed by atoms with Gasteiger partial charge in [-0.2, -0.15) is 19.9 Å². The molecule has 0 aliphatic rings. The monoisotopic (exact) mass is 349 g/mol. The molecule has 26 heavy (non-hydrogen) atoms. The van der Waals surface area contributed by atoms with Crippen molar-refractivity contribution in [1.82, 2.24) is 25.1 Å². The van der Waals surface area contributed by atoms with Crippen LogP contribution in [0.4, 0.5) is 17.6 Å². The Labute approximate surface area is 148 Å². The van der Waals surface area contributed by atoms with Gasteiger partial charge in [0, 0.05) is 12.7 Å². The van der Waals surface area contributed by atoms with Crippen molar-refractivity contribution in [2.75, 3.05) is 17.7 Å². The van der Waals surface area contributed by atoms with E-state index in [-0.39, 0.29) is 23.5 Å². The first kappa shape index (κ1) is 15.8. The number of para-hydroxylation sites is 1. The third-order valence-corrected chi connectivity index (χ3v) is 3.66. The van der Waals surface area contributed by atoms with Crippen LogP contribution in [-0.2, 0) is 0 Å². The minimum absolute atomic E-state index is 0.0629. The van der Waals surface area contributed by atoms with Crippen LogP contribution in [0.15, 0.2) is 51.4 Å². The number of rotatable bonds is 4. The Morgan fingerprint density at radius 3 is 2.46 bits per heavy atom. The fourth-order valence-electron chi connectivity index (χ4n) is 2.36. The van der Waals surface area contributed by atoms with Gasteiger partial charge in [0.25, 0.3) is 5.89 Å². The molecule has 0 unspecified atom stereocenters. The number of hydrogen-bond acceptors (Lipinski definition) is 9. The van der Waals surface area contributed by atoms with Crippen LogP contribution >= 0.6 is 0 Å². The number of nitrogens with two attached hydrogens (primary N) is 1. The molecule has 0 radical (unpaired) electrons. The molecule has 0 aliphatic heterocycles. The van der Waals surface area contributed by atoms with E-state index in [9.17, 15) is 0 Å². The molecule has 0 aliphatic carbocycles.